The Bertz CT molecular complexity index is 860. The number of aryl methyl sites for hydroxylation is 1. The second kappa shape index (κ2) is 8.73. The van der Waals surface area contributed by atoms with Crippen LogP contribution < -0.4 is 5.32 Å². The smallest absolute Gasteiger partial charge is 0.338 e. The van der Waals surface area contributed by atoms with Crippen molar-refractivity contribution >= 4 is 23.5 Å². The molecule has 1 aliphatic rings. The number of anilines is 1. The van der Waals surface area contributed by atoms with Crippen molar-refractivity contribution in [2.24, 2.45) is 0 Å². The fourth-order valence-electron chi connectivity index (χ4n) is 3.24. The zero-order chi connectivity index (χ0) is 20.1. The molecule has 1 saturated heterocycles. The number of carbonyl (C=O) groups excluding carboxylic acids is 3. The molecule has 1 aromatic heterocycles. The SMILES string of the molecule is Cc1ccc(C(=O)OCC(=O)N2CCCCC2C)cc1NC(=O)c1ccco1. The van der Waals surface area contributed by atoms with Crippen LogP contribution in [0.15, 0.2) is 41.0 Å². The number of benzene rings is 1. The van der Waals surface area contributed by atoms with Gasteiger partial charge in [-0.25, -0.2) is 4.79 Å². The van der Waals surface area contributed by atoms with Crippen molar-refractivity contribution in [1.82, 2.24) is 4.90 Å². The molecule has 1 aliphatic heterocycles. The Kier molecular flexibility index (Phi) is 6.13. The van der Waals surface area contributed by atoms with Gasteiger partial charge in [0.2, 0.25) is 0 Å². The average molecular weight is 384 g/mol. The number of carbonyl (C=O) groups is 3. The van der Waals surface area contributed by atoms with E-state index in [1.807, 2.05) is 13.8 Å². The summed E-state index contributed by atoms with van der Waals surface area (Å²) in [5.74, 6) is -1.02. The lowest BCUT2D eigenvalue weighted by atomic mass is 10.0. The van der Waals surface area contributed by atoms with E-state index in [2.05, 4.69) is 5.32 Å². The second-order valence-corrected chi connectivity index (χ2v) is 6.97. The quantitative estimate of drug-likeness (QED) is 0.798. The molecule has 7 heteroatoms. The standard InChI is InChI=1S/C21H24N2O5/c1-14-8-9-16(12-17(14)22-20(25)18-7-5-11-27-18)21(26)28-13-19(24)23-10-4-3-6-15(23)2/h5,7-9,11-12,15H,3-4,6,10,13H2,1-2H3,(H,22,25). The summed E-state index contributed by atoms with van der Waals surface area (Å²) in [5.41, 5.74) is 1.53. The maximum Gasteiger partial charge on any atom is 0.338 e. The summed E-state index contributed by atoms with van der Waals surface area (Å²) in [6.45, 7) is 4.23. The largest absolute Gasteiger partial charge is 0.459 e. The van der Waals surface area contributed by atoms with E-state index in [0.717, 1.165) is 24.8 Å². The molecule has 1 aromatic carbocycles. The minimum Gasteiger partial charge on any atom is -0.459 e. The van der Waals surface area contributed by atoms with Gasteiger partial charge in [-0.15, -0.1) is 0 Å². The molecule has 28 heavy (non-hydrogen) atoms. The lowest BCUT2D eigenvalue weighted by Crippen LogP contribution is -2.44. The lowest BCUT2D eigenvalue weighted by molar-refractivity contribution is -0.137. The molecular weight excluding hydrogens is 360 g/mol. The molecule has 7 nitrogen and oxygen atoms in total. The number of nitrogens with one attached hydrogen (secondary N) is 1. The highest BCUT2D eigenvalue weighted by molar-refractivity contribution is 6.03. The number of piperidine rings is 1. The summed E-state index contributed by atoms with van der Waals surface area (Å²) in [6, 6.07) is 8.19. The Labute approximate surface area is 163 Å². The topological polar surface area (TPSA) is 88.9 Å². The van der Waals surface area contributed by atoms with Crippen molar-refractivity contribution in [1.29, 1.82) is 0 Å². The van der Waals surface area contributed by atoms with Crippen molar-refractivity contribution in [2.45, 2.75) is 39.2 Å². The van der Waals surface area contributed by atoms with E-state index in [0.29, 0.717) is 12.2 Å². The molecule has 1 fully saturated rings. The first kappa shape index (κ1) is 19.7. The normalized spacial score (nSPS) is 16.5. The third-order valence-electron chi connectivity index (χ3n) is 4.92. The first-order valence-corrected chi connectivity index (χ1v) is 9.38. The van der Waals surface area contributed by atoms with Gasteiger partial charge in [-0.2, -0.15) is 0 Å². The van der Waals surface area contributed by atoms with Gasteiger partial charge in [-0.05, 0) is 62.9 Å². The number of esters is 1. The number of amides is 2. The number of ether oxygens (including phenoxy) is 1. The van der Waals surface area contributed by atoms with E-state index in [1.54, 1.807) is 29.2 Å². The molecule has 1 N–H and O–H groups in total. The fraction of sp³-hybridized carbons (Fsp3) is 0.381. The first-order valence-electron chi connectivity index (χ1n) is 9.38. The van der Waals surface area contributed by atoms with Crippen LogP contribution in [0.25, 0.3) is 0 Å². The van der Waals surface area contributed by atoms with E-state index in [-0.39, 0.29) is 29.9 Å². The van der Waals surface area contributed by atoms with Gasteiger partial charge in [0.05, 0.1) is 11.8 Å². The van der Waals surface area contributed by atoms with Crippen LogP contribution in [0, 0.1) is 6.92 Å². The first-order chi connectivity index (χ1) is 13.5. The van der Waals surface area contributed by atoms with Crippen LogP contribution in [0.1, 0.15) is 52.7 Å². The maximum atomic E-state index is 12.4. The van der Waals surface area contributed by atoms with Gasteiger partial charge in [0, 0.05) is 18.3 Å². The van der Waals surface area contributed by atoms with Crippen molar-refractivity contribution in [2.75, 3.05) is 18.5 Å². The summed E-state index contributed by atoms with van der Waals surface area (Å²) in [4.78, 5) is 38.6. The van der Waals surface area contributed by atoms with Gasteiger partial charge >= 0.3 is 5.97 Å². The lowest BCUT2D eigenvalue weighted by Gasteiger charge is -2.33. The van der Waals surface area contributed by atoms with Crippen LogP contribution >= 0.6 is 0 Å². The van der Waals surface area contributed by atoms with Crippen LogP contribution in [0.4, 0.5) is 5.69 Å². The van der Waals surface area contributed by atoms with Gasteiger partial charge in [0.1, 0.15) is 0 Å². The number of nitrogens with zero attached hydrogens (tertiary/aromatic N) is 1. The molecule has 0 saturated carbocycles. The van der Waals surface area contributed by atoms with Crippen LogP contribution in [-0.4, -0.2) is 41.9 Å². The highest BCUT2D eigenvalue weighted by Crippen LogP contribution is 2.20. The summed E-state index contributed by atoms with van der Waals surface area (Å²) >= 11 is 0. The zero-order valence-electron chi connectivity index (χ0n) is 16.1. The molecular formula is C21H24N2O5. The molecule has 0 aliphatic carbocycles. The van der Waals surface area contributed by atoms with Crippen molar-refractivity contribution < 1.29 is 23.5 Å². The zero-order valence-corrected chi connectivity index (χ0v) is 16.1. The van der Waals surface area contributed by atoms with Crippen LogP contribution in [-0.2, 0) is 9.53 Å². The Balaban J connectivity index is 1.62. The predicted octanol–water partition coefficient (Wildman–Crippen LogP) is 3.40. The summed E-state index contributed by atoms with van der Waals surface area (Å²) < 4.78 is 10.3. The molecule has 3 rings (SSSR count). The van der Waals surface area contributed by atoms with Gasteiger partial charge in [-0.3, -0.25) is 9.59 Å². The Morgan fingerprint density at radius 2 is 2.07 bits per heavy atom. The van der Waals surface area contributed by atoms with E-state index in [4.69, 9.17) is 9.15 Å². The molecule has 1 atom stereocenters. The van der Waals surface area contributed by atoms with E-state index >= 15 is 0 Å². The average Bonchev–Trinajstić information content (AvgIpc) is 3.23. The van der Waals surface area contributed by atoms with Crippen LogP contribution in [0.2, 0.25) is 0 Å². The third-order valence-corrected chi connectivity index (χ3v) is 4.92. The Hall–Kier alpha value is -3.09. The van der Waals surface area contributed by atoms with E-state index in [9.17, 15) is 14.4 Å². The molecule has 2 heterocycles. The fourth-order valence-corrected chi connectivity index (χ4v) is 3.24. The molecule has 0 radical (unpaired) electrons. The molecule has 2 amide bonds. The van der Waals surface area contributed by atoms with E-state index < -0.39 is 11.9 Å². The molecule has 0 spiro atoms. The summed E-state index contributed by atoms with van der Waals surface area (Å²) in [6.07, 6.45) is 4.47. The van der Waals surface area contributed by atoms with Crippen LogP contribution in [0.5, 0.6) is 0 Å². The third kappa shape index (κ3) is 4.60. The van der Waals surface area contributed by atoms with E-state index in [1.165, 1.54) is 12.3 Å². The second-order valence-electron chi connectivity index (χ2n) is 6.97. The number of likely N-dealkylation sites (tertiary alicyclic amines) is 1. The number of hydrogen-bond acceptors (Lipinski definition) is 5. The minimum absolute atomic E-state index is 0.169. The monoisotopic (exact) mass is 384 g/mol. The molecule has 148 valence electrons. The van der Waals surface area contributed by atoms with Gasteiger partial charge in [0.15, 0.2) is 12.4 Å². The number of rotatable bonds is 5. The highest BCUT2D eigenvalue weighted by atomic mass is 16.5. The Morgan fingerprint density at radius 3 is 2.79 bits per heavy atom. The summed E-state index contributed by atoms with van der Waals surface area (Å²) in [5, 5.41) is 2.71. The molecule has 0 bridgehead atoms. The van der Waals surface area contributed by atoms with Crippen molar-refractivity contribution in [3.63, 3.8) is 0 Å². The van der Waals surface area contributed by atoms with Crippen molar-refractivity contribution in [3.8, 4) is 0 Å². The molecule has 1 unspecified atom stereocenters. The van der Waals surface area contributed by atoms with Gasteiger partial charge < -0.3 is 19.4 Å². The molecule has 2 aromatic rings. The number of hydrogen-bond donors (Lipinski definition) is 1. The van der Waals surface area contributed by atoms with Gasteiger partial charge in [0.25, 0.3) is 11.8 Å². The van der Waals surface area contributed by atoms with Gasteiger partial charge in [-0.1, -0.05) is 6.07 Å². The highest BCUT2D eigenvalue weighted by Gasteiger charge is 2.24. The number of furan rings is 1. The summed E-state index contributed by atoms with van der Waals surface area (Å²) in [7, 11) is 0. The van der Waals surface area contributed by atoms with Crippen LogP contribution in [0.3, 0.4) is 0 Å². The van der Waals surface area contributed by atoms with Crippen molar-refractivity contribution in [3.05, 3.63) is 53.5 Å². The predicted molar refractivity (Wildman–Crippen MR) is 103 cm³/mol. The Morgan fingerprint density at radius 1 is 1.25 bits per heavy atom. The minimum atomic E-state index is -0.605. The maximum absolute atomic E-state index is 12.4.